The maximum atomic E-state index is 4.76. The molecule has 0 atom stereocenters. The maximum Gasteiger partial charge on any atom is 0.193 e. The van der Waals surface area contributed by atoms with Crippen LogP contribution in [0.2, 0.25) is 0 Å². The summed E-state index contributed by atoms with van der Waals surface area (Å²) in [6.07, 6.45) is 5.33. The summed E-state index contributed by atoms with van der Waals surface area (Å²) in [6, 6.07) is 10.2. The summed E-state index contributed by atoms with van der Waals surface area (Å²) in [4.78, 5) is 26.9. The van der Waals surface area contributed by atoms with E-state index in [0.717, 1.165) is 43.7 Å². The molecule has 0 aliphatic carbocycles. The van der Waals surface area contributed by atoms with Crippen molar-refractivity contribution in [2.75, 3.05) is 19.4 Å². The molecule has 0 saturated heterocycles. The summed E-state index contributed by atoms with van der Waals surface area (Å²) >= 11 is 5.42. The number of nitrogens with one attached hydrogen (secondary N) is 1. The van der Waals surface area contributed by atoms with Gasteiger partial charge in [0.25, 0.3) is 0 Å². The van der Waals surface area contributed by atoms with E-state index in [1.807, 2.05) is 45.4 Å². The van der Waals surface area contributed by atoms with Gasteiger partial charge in [-0.15, -0.1) is 0 Å². The lowest BCUT2D eigenvalue weighted by atomic mass is 10.3. The van der Waals surface area contributed by atoms with Crippen LogP contribution in [-0.2, 0) is 6.54 Å². The SMILES string of the molecule is Cc1cc(-c2cnc(Nc3cnc(CN(C)C)cn3)s2)nc(Sc2ccccc2I)n1. The molecular formula is C21H20IN7S2. The Morgan fingerprint density at radius 3 is 2.65 bits per heavy atom. The monoisotopic (exact) mass is 561 g/mol. The van der Waals surface area contributed by atoms with Crippen molar-refractivity contribution in [2.45, 2.75) is 23.5 Å². The molecule has 10 heteroatoms. The number of nitrogens with zero attached hydrogens (tertiary/aromatic N) is 6. The highest BCUT2D eigenvalue weighted by Crippen LogP contribution is 2.33. The predicted molar refractivity (Wildman–Crippen MR) is 134 cm³/mol. The molecular weight excluding hydrogens is 541 g/mol. The molecule has 0 saturated carbocycles. The lowest BCUT2D eigenvalue weighted by Gasteiger charge is -2.08. The summed E-state index contributed by atoms with van der Waals surface area (Å²) in [5.41, 5.74) is 2.70. The van der Waals surface area contributed by atoms with Crippen LogP contribution in [-0.4, -0.2) is 43.9 Å². The van der Waals surface area contributed by atoms with E-state index in [1.165, 1.54) is 14.9 Å². The summed E-state index contributed by atoms with van der Waals surface area (Å²) in [5.74, 6) is 0.664. The van der Waals surface area contributed by atoms with Crippen LogP contribution < -0.4 is 5.32 Å². The van der Waals surface area contributed by atoms with E-state index < -0.39 is 0 Å². The van der Waals surface area contributed by atoms with E-state index in [0.29, 0.717) is 5.82 Å². The van der Waals surface area contributed by atoms with Crippen molar-refractivity contribution in [1.82, 2.24) is 29.8 Å². The minimum Gasteiger partial charge on any atom is -0.315 e. The topological polar surface area (TPSA) is 79.7 Å². The van der Waals surface area contributed by atoms with Crippen LogP contribution in [0.3, 0.4) is 0 Å². The Balaban J connectivity index is 1.51. The highest BCUT2D eigenvalue weighted by atomic mass is 127. The average Bonchev–Trinajstić information content (AvgIpc) is 3.19. The number of rotatable bonds is 7. The zero-order chi connectivity index (χ0) is 21.8. The lowest BCUT2D eigenvalue weighted by molar-refractivity contribution is 0.396. The smallest absolute Gasteiger partial charge is 0.193 e. The van der Waals surface area contributed by atoms with Gasteiger partial charge in [0, 0.05) is 26.9 Å². The Kier molecular flexibility index (Phi) is 7.10. The van der Waals surface area contributed by atoms with Crippen molar-refractivity contribution in [1.29, 1.82) is 0 Å². The molecule has 4 rings (SSSR count). The summed E-state index contributed by atoms with van der Waals surface area (Å²) < 4.78 is 1.18. The number of benzene rings is 1. The van der Waals surface area contributed by atoms with Crippen molar-refractivity contribution in [3.05, 3.63) is 63.9 Å². The van der Waals surface area contributed by atoms with Gasteiger partial charge in [-0.1, -0.05) is 23.5 Å². The molecule has 1 aromatic carbocycles. The van der Waals surface area contributed by atoms with E-state index in [9.17, 15) is 0 Å². The Labute approximate surface area is 202 Å². The van der Waals surface area contributed by atoms with Gasteiger partial charge in [0.1, 0.15) is 0 Å². The molecule has 0 fully saturated rings. The largest absolute Gasteiger partial charge is 0.315 e. The van der Waals surface area contributed by atoms with E-state index in [4.69, 9.17) is 4.98 Å². The second-order valence-electron chi connectivity index (χ2n) is 7.00. The van der Waals surface area contributed by atoms with Gasteiger partial charge in [0.15, 0.2) is 16.1 Å². The molecule has 0 aliphatic rings. The summed E-state index contributed by atoms with van der Waals surface area (Å²) in [7, 11) is 4.01. The Hall–Kier alpha value is -2.15. The van der Waals surface area contributed by atoms with Crippen LogP contribution in [0.25, 0.3) is 10.6 Å². The van der Waals surface area contributed by atoms with E-state index in [-0.39, 0.29) is 0 Å². The molecule has 7 nitrogen and oxygen atoms in total. The first-order valence-electron chi connectivity index (χ1n) is 9.43. The molecule has 0 bridgehead atoms. The lowest BCUT2D eigenvalue weighted by Crippen LogP contribution is -2.12. The Morgan fingerprint density at radius 1 is 1.06 bits per heavy atom. The third-order valence-corrected chi connectivity index (χ3v) is 7.23. The average molecular weight is 561 g/mol. The number of aromatic nitrogens is 5. The van der Waals surface area contributed by atoms with Gasteiger partial charge >= 0.3 is 0 Å². The van der Waals surface area contributed by atoms with Crippen LogP contribution in [0.1, 0.15) is 11.4 Å². The van der Waals surface area contributed by atoms with Crippen molar-refractivity contribution >= 4 is 56.6 Å². The first-order valence-corrected chi connectivity index (χ1v) is 12.1. The van der Waals surface area contributed by atoms with Gasteiger partial charge in [-0.25, -0.2) is 19.9 Å². The fourth-order valence-electron chi connectivity index (χ4n) is 2.72. The van der Waals surface area contributed by atoms with Gasteiger partial charge in [-0.3, -0.25) is 4.98 Å². The van der Waals surface area contributed by atoms with Crippen LogP contribution in [0.4, 0.5) is 10.9 Å². The number of hydrogen-bond acceptors (Lipinski definition) is 9. The third kappa shape index (κ3) is 5.97. The Morgan fingerprint density at radius 2 is 1.90 bits per heavy atom. The van der Waals surface area contributed by atoms with Crippen LogP contribution in [0.5, 0.6) is 0 Å². The van der Waals surface area contributed by atoms with Crippen LogP contribution in [0, 0.1) is 10.5 Å². The first-order chi connectivity index (χ1) is 15.0. The minimum atomic E-state index is 0.664. The fraction of sp³-hybridized carbons (Fsp3) is 0.190. The second kappa shape index (κ2) is 9.98. The van der Waals surface area contributed by atoms with Gasteiger partial charge in [-0.05, 0) is 73.6 Å². The van der Waals surface area contributed by atoms with Crippen molar-refractivity contribution in [2.24, 2.45) is 0 Å². The van der Waals surface area contributed by atoms with E-state index in [2.05, 4.69) is 64.9 Å². The zero-order valence-corrected chi connectivity index (χ0v) is 21.0. The number of aryl methyl sites for hydroxylation is 1. The van der Waals surface area contributed by atoms with E-state index >= 15 is 0 Å². The molecule has 3 aromatic heterocycles. The molecule has 0 unspecified atom stereocenters. The first kappa shape index (κ1) is 22.1. The number of thiazole rings is 1. The molecule has 1 N–H and O–H groups in total. The molecule has 31 heavy (non-hydrogen) atoms. The fourth-order valence-corrected chi connectivity index (χ4v) is 5.07. The molecule has 4 aromatic rings. The van der Waals surface area contributed by atoms with Gasteiger partial charge in [0.05, 0.1) is 28.7 Å². The summed E-state index contributed by atoms with van der Waals surface area (Å²) in [6.45, 7) is 2.74. The maximum absolute atomic E-state index is 4.76. The number of halogens is 1. The number of hydrogen-bond donors (Lipinski definition) is 1. The van der Waals surface area contributed by atoms with Gasteiger partial charge in [-0.2, -0.15) is 0 Å². The van der Waals surface area contributed by atoms with Crippen molar-refractivity contribution in [3.63, 3.8) is 0 Å². The quantitative estimate of drug-likeness (QED) is 0.242. The molecule has 0 spiro atoms. The molecule has 158 valence electrons. The van der Waals surface area contributed by atoms with E-state index in [1.54, 1.807) is 24.2 Å². The molecule has 0 radical (unpaired) electrons. The minimum absolute atomic E-state index is 0.664. The van der Waals surface area contributed by atoms with Crippen molar-refractivity contribution < 1.29 is 0 Å². The normalized spacial score (nSPS) is 11.1. The molecule has 3 heterocycles. The van der Waals surface area contributed by atoms with Crippen LogP contribution >= 0.6 is 45.7 Å². The van der Waals surface area contributed by atoms with Crippen molar-refractivity contribution in [3.8, 4) is 10.6 Å². The zero-order valence-electron chi connectivity index (χ0n) is 17.2. The highest BCUT2D eigenvalue weighted by molar-refractivity contribution is 14.1. The third-order valence-electron chi connectivity index (χ3n) is 4.05. The van der Waals surface area contributed by atoms with Gasteiger partial charge < -0.3 is 10.2 Å². The molecule has 0 aliphatic heterocycles. The van der Waals surface area contributed by atoms with Crippen LogP contribution in [0.15, 0.2) is 59.0 Å². The number of anilines is 2. The predicted octanol–water partition coefficient (Wildman–Crippen LogP) is 5.26. The summed E-state index contributed by atoms with van der Waals surface area (Å²) in [5, 5.41) is 4.69. The molecule has 0 amide bonds. The second-order valence-corrected chi connectivity index (χ2v) is 10.2. The standard InChI is InChI=1S/C21H20IN7S2/c1-13-8-16(27-21(26-13)30-17-7-5-4-6-15(17)22)18-10-25-20(31-18)28-19-11-23-14(9-24-19)12-29(2)3/h4-11H,12H2,1-3H3,(H,24,25,28). The highest BCUT2D eigenvalue weighted by Gasteiger charge is 2.12. The Bertz CT molecular complexity index is 1180. The van der Waals surface area contributed by atoms with Gasteiger partial charge in [0.2, 0.25) is 0 Å².